The predicted molar refractivity (Wildman–Crippen MR) is 90.9 cm³/mol. The average molecular weight is 348 g/mol. The van der Waals surface area contributed by atoms with Crippen molar-refractivity contribution in [2.24, 2.45) is 0 Å². The molecule has 136 valence electrons. The molecule has 1 fully saturated rings. The lowest BCUT2D eigenvalue weighted by atomic mass is 10.0. The van der Waals surface area contributed by atoms with Gasteiger partial charge in [0.1, 0.15) is 5.60 Å². The van der Waals surface area contributed by atoms with Crippen LogP contribution in [0.1, 0.15) is 44.0 Å². The van der Waals surface area contributed by atoms with Gasteiger partial charge in [-0.15, -0.1) is 0 Å². The van der Waals surface area contributed by atoms with E-state index in [0.29, 0.717) is 43.0 Å². The zero-order valence-electron chi connectivity index (χ0n) is 14.8. The van der Waals surface area contributed by atoms with E-state index >= 15 is 0 Å². The standard InChI is InChI=1S/C18H24N2O5/c1-18(2,3)25-17(22)20-8-6-13(7-9-20)19-16(21)12-4-5-14-15(10-12)24-11-23-14/h4-5,10,13H,6-9,11H2,1-3H3,(H,19,21). The number of hydrogen-bond acceptors (Lipinski definition) is 5. The van der Waals surface area contributed by atoms with Crippen LogP contribution >= 0.6 is 0 Å². The highest BCUT2D eigenvalue weighted by Gasteiger charge is 2.28. The number of ether oxygens (including phenoxy) is 3. The molecule has 2 heterocycles. The monoisotopic (exact) mass is 348 g/mol. The highest BCUT2D eigenvalue weighted by atomic mass is 16.7. The fraction of sp³-hybridized carbons (Fsp3) is 0.556. The van der Waals surface area contributed by atoms with Crippen LogP contribution in [0.4, 0.5) is 4.79 Å². The summed E-state index contributed by atoms with van der Waals surface area (Å²) in [5.74, 6) is 1.10. The molecule has 25 heavy (non-hydrogen) atoms. The Morgan fingerprint density at radius 2 is 1.84 bits per heavy atom. The summed E-state index contributed by atoms with van der Waals surface area (Å²) in [6.07, 6.45) is 1.11. The molecule has 0 bridgehead atoms. The molecule has 7 nitrogen and oxygen atoms in total. The van der Waals surface area contributed by atoms with Crippen LogP contribution in [0.15, 0.2) is 18.2 Å². The van der Waals surface area contributed by atoms with Crippen molar-refractivity contribution in [2.45, 2.75) is 45.3 Å². The highest BCUT2D eigenvalue weighted by Crippen LogP contribution is 2.32. The van der Waals surface area contributed by atoms with Crippen LogP contribution in [-0.4, -0.2) is 48.4 Å². The Bertz CT molecular complexity index is 660. The minimum absolute atomic E-state index is 0.0385. The molecular formula is C18H24N2O5. The zero-order chi connectivity index (χ0) is 18.0. The van der Waals surface area contributed by atoms with Gasteiger partial charge in [0, 0.05) is 24.7 Å². The van der Waals surface area contributed by atoms with Gasteiger partial charge in [-0.25, -0.2) is 4.79 Å². The van der Waals surface area contributed by atoms with Crippen LogP contribution in [0.2, 0.25) is 0 Å². The second-order valence-corrected chi connectivity index (χ2v) is 7.28. The van der Waals surface area contributed by atoms with E-state index in [1.54, 1.807) is 23.1 Å². The third-order valence-corrected chi connectivity index (χ3v) is 4.12. The number of likely N-dealkylation sites (tertiary alicyclic amines) is 1. The summed E-state index contributed by atoms with van der Waals surface area (Å²) in [5, 5.41) is 3.02. The Labute approximate surface area is 147 Å². The van der Waals surface area contributed by atoms with Crippen LogP contribution in [0, 0.1) is 0 Å². The molecule has 0 radical (unpaired) electrons. The summed E-state index contributed by atoms with van der Waals surface area (Å²) in [6, 6.07) is 5.19. The summed E-state index contributed by atoms with van der Waals surface area (Å²) < 4.78 is 15.9. The number of nitrogens with zero attached hydrogens (tertiary/aromatic N) is 1. The molecule has 2 aliphatic rings. The molecule has 3 rings (SSSR count). The summed E-state index contributed by atoms with van der Waals surface area (Å²) >= 11 is 0. The molecule has 0 aromatic heterocycles. The maximum Gasteiger partial charge on any atom is 0.410 e. The SMILES string of the molecule is CC(C)(C)OC(=O)N1CCC(NC(=O)c2ccc3c(c2)OCO3)CC1. The van der Waals surface area contributed by atoms with Crippen molar-refractivity contribution >= 4 is 12.0 Å². The third kappa shape index (κ3) is 4.35. The molecule has 2 aliphatic heterocycles. The van der Waals surface area contributed by atoms with Gasteiger partial charge in [0.25, 0.3) is 5.91 Å². The molecule has 1 saturated heterocycles. The van der Waals surface area contributed by atoms with Crippen molar-refractivity contribution in [3.8, 4) is 11.5 Å². The summed E-state index contributed by atoms with van der Waals surface area (Å²) in [4.78, 5) is 26.2. The molecule has 1 aromatic carbocycles. The topological polar surface area (TPSA) is 77.1 Å². The predicted octanol–water partition coefficient (Wildman–Crippen LogP) is 2.54. The fourth-order valence-electron chi connectivity index (χ4n) is 2.84. The largest absolute Gasteiger partial charge is 0.454 e. The van der Waals surface area contributed by atoms with Gasteiger partial charge in [0.05, 0.1) is 0 Å². The van der Waals surface area contributed by atoms with Gasteiger partial charge in [0.15, 0.2) is 11.5 Å². The summed E-state index contributed by atoms with van der Waals surface area (Å²) in [7, 11) is 0. The van der Waals surface area contributed by atoms with E-state index in [4.69, 9.17) is 14.2 Å². The first-order valence-electron chi connectivity index (χ1n) is 8.50. The normalized spacial score (nSPS) is 17.3. The fourth-order valence-corrected chi connectivity index (χ4v) is 2.84. The Kier molecular flexibility index (Phi) is 4.74. The molecule has 0 spiro atoms. The molecule has 0 atom stereocenters. The second kappa shape index (κ2) is 6.82. The number of benzene rings is 1. The van der Waals surface area contributed by atoms with Crippen molar-refractivity contribution < 1.29 is 23.8 Å². The molecule has 0 saturated carbocycles. The van der Waals surface area contributed by atoms with Crippen LogP contribution in [0.25, 0.3) is 0 Å². The lowest BCUT2D eigenvalue weighted by Gasteiger charge is -2.33. The van der Waals surface area contributed by atoms with Crippen LogP contribution < -0.4 is 14.8 Å². The van der Waals surface area contributed by atoms with Crippen molar-refractivity contribution in [1.82, 2.24) is 10.2 Å². The Balaban J connectivity index is 1.50. The Morgan fingerprint density at radius 1 is 1.16 bits per heavy atom. The van der Waals surface area contributed by atoms with Gasteiger partial charge in [0.2, 0.25) is 6.79 Å². The molecule has 0 unspecified atom stereocenters. The summed E-state index contributed by atoms with van der Waals surface area (Å²) in [5.41, 5.74) is 0.0421. The summed E-state index contributed by atoms with van der Waals surface area (Å²) in [6.45, 7) is 6.88. The Morgan fingerprint density at radius 3 is 2.52 bits per heavy atom. The third-order valence-electron chi connectivity index (χ3n) is 4.12. The van der Waals surface area contributed by atoms with Crippen molar-refractivity contribution in [3.05, 3.63) is 23.8 Å². The average Bonchev–Trinajstić information content (AvgIpc) is 3.01. The van der Waals surface area contributed by atoms with E-state index in [2.05, 4.69) is 5.32 Å². The number of carbonyl (C=O) groups is 2. The van der Waals surface area contributed by atoms with Crippen LogP contribution in [0.5, 0.6) is 11.5 Å². The minimum Gasteiger partial charge on any atom is -0.454 e. The van der Waals surface area contributed by atoms with Gasteiger partial charge in [-0.3, -0.25) is 4.79 Å². The van der Waals surface area contributed by atoms with Gasteiger partial charge in [-0.05, 0) is 51.8 Å². The van der Waals surface area contributed by atoms with Gasteiger partial charge in [-0.2, -0.15) is 0 Å². The molecular weight excluding hydrogens is 324 g/mol. The molecule has 1 N–H and O–H groups in total. The number of hydrogen-bond donors (Lipinski definition) is 1. The van der Waals surface area contributed by atoms with Gasteiger partial charge >= 0.3 is 6.09 Å². The number of fused-ring (bicyclic) bond motifs is 1. The van der Waals surface area contributed by atoms with Gasteiger partial charge in [-0.1, -0.05) is 0 Å². The first kappa shape index (κ1) is 17.4. The maximum atomic E-state index is 12.4. The van der Waals surface area contributed by atoms with Crippen molar-refractivity contribution in [3.63, 3.8) is 0 Å². The van der Waals surface area contributed by atoms with E-state index < -0.39 is 5.60 Å². The van der Waals surface area contributed by atoms with Crippen molar-refractivity contribution in [1.29, 1.82) is 0 Å². The smallest absolute Gasteiger partial charge is 0.410 e. The molecule has 2 amide bonds. The zero-order valence-corrected chi connectivity index (χ0v) is 14.8. The molecule has 0 aliphatic carbocycles. The van der Waals surface area contributed by atoms with E-state index in [1.807, 2.05) is 20.8 Å². The van der Waals surface area contributed by atoms with Crippen LogP contribution in [-0.2, 0) is 4.74 Å². The quantitative estimate of drug-likeness (QED) is 0.889. The van der Waals surface area contributed by atoms with E-state index in [-0.39, 0.29) is 24.8 Å². The van der Waals surface area contributed by atoms with E-state index in [9.17, 15) is 9.59 Å². The number of rotatable bonds is 2. The number of nitrogens with one attached hydrogen (secondary N) is 1. The highest BCUT2D eigenvalue weighted by molar-refractivity contribution is 5.95. The second-order valence-electron chi connectivity index (χ2n) is 7.28. The van der Waals surface area contributed by atoms with Gasteiger partial charge < -0.3 is 24.4 Å². The lowest BCUT2D eigenvalue weighted by molar-refractivity contribution is 0.0199. The van der Waals surface area contributed by atoms with Crippen LogP contribution in [0.3, 0.4) is 0 Å². The van der Waals surface area contributed by atoms with Crippen molar-refractivity contribution in [2.75, 3.05) is 19.9 Å². The first-order valence-corrected chi connectivity index (χ1v) is 8.50. The first-order chi connectivity index (χ1) is 11.8. The lowest BCUT2D eigenvalue weighted by Crippen LogP contribution is -2.47. The number of carbonyl (C=O) groups excluding carboxylic acids is 2. The minimum atomic E-state index is -0.499. The molecule has 1 aromatic rings. The molecule has 7 heteroatoms. The number of amides is 2. The Hall–Kier alpha value is -2.44. The maximum absolute atomic E-state index is 12.4. The van der Waals surface area contributed by atoms with E-state index in [1.165, 1.54) is 0 Å². The number of piperidine rings is 1. The van der Waals surface area contributed by atoms with E-state index in [0.717, 1.165) is 0 Å².